The third kappa shape index (κ3) is 2.62. The average Bonchev–Trinajstić information content (AvgIpc) is 3.62. The van der Waals surface area contributed by atoms with Crippen LogP contribution in [0.2, 0.25) is 0 Å². The van der Waals surface area contributed by atoms with Gasteiger partial charge in [0.05, 0.1) is 11.1 Å². The summed E-state index contributed by atoms with van der Waals surface area (Å²) in [6, 6.07) is 35.7. The van der Waals surface area contributed by atoms with Crippen LogP contribution in [0.15, 0.2) is 118 Å². The van der Waals surface area contributed by atoms with Gasteiger partial charge in [-0.1, -0.05) is 103 Å². The highest BCUT2D eigenvalue weighted by molar-refractivity contribution is 6.52. The molecule has 4 bridgehead atoms. The van der Waals surface area contributed by atoms with Crippen molar-refractivity contribution in [1.29, 1.82) is 0 Å². The summed E-state index contributed by atoms with van der Waals surface area (Å²) in [6.45, 7) is 0. The number of amidine groups is 1. The molecule has 6 aromatic rings. The quantitative estimate of drug-likeness (QED) is 0.309. The van der Waals surface area contributed by atoms with Crippen LogP contribution < -0.4 is 10.8 Å². The summed E-state index contributed by atoms with van der Waals surface area (Å²) in [5, 5.41) is 5.29. The maximum atomic E-state index is 6.35. The smallest absolute Gasteiger partial charge is 0.400 e. The Labute approximate surface area is 223 Å². The third-order valence-corrected chi connectivity index (χ3v) is 8.01. The molecule has 0 radical (unpaired) electrons. The molecule has 4 aromatic carbocycles. The molecule has 39 heavy (non-hydrogen) atoms. The molecular formula is C32H20BN5O. The second-order valence-electron chi connectivity index (χ2n) is 10.0. The van der Waals surface area contributed by atoms with Crippen molar-refractivity contribution in [3.05, 3.63) is 131 Å². The predicted molar refractivity (Wildman–Crippen MR) is 156 cm³/mol. The number of hydrogen-bond acceptors (Lipinski definition) is 4. The first-order valence-corrected chi connectivity index (χ1v) is 13.0. The molecule has 6 nitrogen and oxygen atoms in total. The summed E-state index contributed by atoms with van der Waals surface area (Å²) < 4.78 is 10.7. The van der Waals surface area contributed by atoms with Crippen LogP contribution >= 0.6 is 0 Å². The van der Waals surface area contributed by atoms with Crippen LogP contribution in [0.5, 0.6) is 0 Å². The highest BCUT2D eigenvalue weighted by Gasteiger charge is 2.38. The fourth-order valence-corrected chi connectivity index (χ4v) is 6.41. The van der Waals surface area contributed by atoms with Crippen LogP contribution in [0.1, 0.15) is 16.7 Å². The highest BCUT2D eigenvalue weighted by atomic mass is 16.4. The fraction of sp³-hybridized carbons (Fsp3) is 0.0312. The van der Waals surface area contributed by atoms with Gasteiger partial charge in [0.1, 0.15) is 17.1 Å². The van der Waals surface area contributed by atoms with E-state index in [1.807, 2.05) is 12.1 Å². The van der Waals surface area contributed by atoms with Crippen molar-refractivity contribution in [1.82, 2.24) is 8.96 Å². The van der Waals surface area contributed by atoms with Crippen LogP contribution in [-0.4, -0.2) is 34.8 Å². The zero-order valence-electron chi connectivity index (χ0n) is 21.0. The number of nitrogens with zero attached hydrogens (tertiary/aromatic N) is 5. The maximum absolute atomic E-state index is 6.35. The molecule has 182 valence electrons. The Morgan fingerprint density at radius 1 is 0.590 bits per heavy atom. The number of hydrogen-bond donors (Lipinski definition) is 0. The van der Waals surface area contributed by atoms with Crippen molar-refractivity contribution in [3.8, 4) is 0 Å². The Balaban J connectivity index is 1.63. The monoisotopic (exact) mass is 501 g/mol. The van der Waals surface area contributed by atoms with Gasteiger partial charge < -0.3 is 13.6 Å². The first-order valence-electron chi connectivity index (χ1n) is 13.0. The average molecular weight is 501 g/mol. The molecule has 0 aliphatic carbocycles. The van der Waals surface area contributed by atoms with Crippen molar-refractivity contribution >= 4 is 57.5 Å². The van der Waals surface area contributed by atoms with Crippen molar-refractivity contribution < 1.29 is 4.65 Å². The lowest BCUT2D eigenvalue weighted by Gasteiger charge is -2.22. The lowest BCUT2D eigenvalue weighted by molar-refractivity contribution is 0.397. The van der Waals surface area contributed by atoms with Gasteiger partial charge in [-0.05, 0) is 5.56 Å². The normalized spacial score (nSPS) is 14.8. The van der Waals surface area contributed by atoms with Crippen LogP contribution in [0.3, 0.4) is 0 Å². The van der Waals surface area contributed by atoms with Gasteiger partial charge in [0.25, 0.3) is 0 Å². The van der Waals surface area contributed by atoms with Gasteiger partial charge >= 0.3 is 7.19 Å². The van der Waals surface area contributed by atoms with Gasteiger partial charge in [-0.15, -0.1) is 0 Å². The molecule has 0 saturated heterocycles. The molecule has 0 saturated carbocycles. The summed E-state index contributed by atoms with van der Waals surface area (Å²) in [5.41, 5.74) is 6.00. The van der Waals surface area contributed by atoms with Gasteiger partial charge in [-0.25, -0.2) is 15.0 Å². The lowest BCUT2D eigenvalue weighted by Crippen LogP contribution is -2.50. The first-order chi connectivity index (χ1) is 19.3. The second kappa shape index (κ2) is 7.53. The minimum absolute atomic E-state index is 0.485. The number of aromatic nitrogens is 2. The Kier molecular flexibility index (Phi) is 4.05. The van der Waals surface area contributed by atoms with E-state index in [1.54, 1.807) is 7.11 Å². The zero-order chi connectivity index (χ0) is 25.7. The standard InChI is InChI=1S/C32H20BN5O/c1-39-33-37-28-21-14-6-8-16-23(21)31(37)36-32-25-18-10-9-17-24(25)30(38(32)33)35-29-22-15-7-5-13-20(22)27(34-29)26(28)19-11-3-2-4-12-19/h2-18H,1H3. The number of rotatable bonds is 2. The molecule has 0 N–H and O–H groups in total. The molecule has 3 aliphatic heterocycles. The van der Waals surface area contributed by atoms with Gasteiger partial charge in [-0.3, -0.25) is 0 Å². The topological polar surface area (TPSA) is 56.2 Å². The van der Waals surface area contributed by atoms with Gasteiger partial charge in [0, 0.05) is 45.4 Å². The van der Waals surface area contributed by atoms with Crippen LogP contribution in [0.4, 0.5) is 11.6 Å². The van der Waals surface area contributed by atoms with E-state index in [0.29, 0.717) is 5.84 Å². The molecule has 5 heterocycles. The summed E-state index contributed by atoms with van der Waals surface area (Å²) >= 11 is 0. The second-order valence-corrected chi connectivity index (χ2v) is 10.0. The zero-order valence-corrected chi connectivity index (χ0v) is 21.0. The van der Waals surface area contributed by atoms with E-state index < -0.39 is 7.19 Å². The minimum atomic E-state index is -0.485. The van der Waals surface area contributed by atoms with E-state index in [-0.39, 0.29) is 0 Å². The number of benzene rings is 4. The van der Waals surface area contributed by atoms with E-state index in [0.717, 1.165) is 72.0 Å². The van der Waals surface area contributed by atoms with E-state index in [9.17, 15) is 0 Å². The largest absolute Gasteiger partial charge is 0.561 e. The highest BCUT2D eigenvalue weighted by Crippen LogP contribution is 2.41. The Morgan fingerprint density at radius 2 is 1.21 bits per heavy atom. The maximum Gasteiger partial charge on any atom is 0.561 e. The summed E-state index contributed by atoms with van der Waals surface area (Å²) in [4.78, 5) is 15.9. The van der Waals surface area contributed by atoms with Crippen molar-refractivity contribution in [3.63, 3.8) is 0 Å². The van der Waals surface area contributed by atoms with Crippen molar-refractivity contribution in [2.24, 2.45) is 15.0 Å². The van der Waals surface area contributed by atoms with E-state index >= 15 is 0 Å². The van der Waals surface area contributed by atoms with Crippen LogP contribution in [-0.2, 0) is 4.65 Å². The molecule has 9 rings (SSSR count). The Hall–Kier alpha value is -5.01. The van der Waals surface area contributed by atoms with E-state index in [2.05, 4.69) is 100.0 Å². The Bertz CT molecular complexity index is 2220. The molecule has 0 unspecified atom stereocenters. The molecule has 0 spiro atoms. The van der Waals surface area contributed by atoms with Gasteiger partial charge in [0.15, 0.2) is 5.84 Å². The lowest BCUT2D eigenvalue weighted by atomic mass is 9.92. The van der Waals surface area contributed by atoms with E-state index in [1.165, 1.54) is 0 Å². The van der Waals surface area contributed by atoms with Gasteiger partial charge in [0.2, 0.25) is 0 Å². The number of aliphatic imine (C=N–C) groups is 2. The van der Waals surface area contributed by atoms with Crippen LogP contribution in [0, 0.1) is 0 Å². The summed E-state index contributed by atoms with van der Waals surface area (Å²) in [5.74, 6) is 2.34. The molecule has 7 heteroatoms. The van der Waals surface area contributed by atoms with Crippen molar-refractivity contribution in [2.75, 3.05) is 7.11 Å². The summed E-state index contributed by atoms with van der Waals surface area (Å²) in [7, 11) is 1.27. The SMILES string of the molecule is COB1n2c3c4ccccc4c2N=c2c4ccccc4c(n21)=C(c1ccccc1)C1=NC(=N3)c2ccccc21. The molecule has 0 fully saturated rings. The molecule has 2 aromatic heterocycles. The molecule has 0 atom stereocenters. The fourth-order valence-electron chi connectivity index (χ4n) is 6.41. The molecule has 0 amide bonds. The predicted octanol–water partition coefficient (Wildman–Crippen LogP) is 4.98. The van der Waals surface area contributed by atoms with Crippen LogP contribution in [0.25, 0.3) is 27.1 Å². The molecular weight excluding hydrogens is 481 g/mol. The van der Waals surface area contributed by atoms with Gasteiger partial charge in [-0.2, -0.15) is 0 Å². The Morgan fingerprint density at radius 3 is 1.95 bits per heavy atom. The summed E-state index contributed by atoms with van der Waals surface area (Å²) in [6.07, 6.45) is 0. The van der Waals surface area contributed by atoms with Crippen molar-refractivity contribution in [2.45, 2.75) is 0 Å². The first kappa shape index (κ1) is 21.0. The third-order valence-electron chi connectivity index (χ3n) is 8.01. The number of fused-ring (bicyclic) bond motifs is 10. The minimum Gasteiger partial charge on any atom is -0.400 e. The van der Waals surface area contributed by atoms with E-state index in [4.69, 9.17) is 19.6 Å². The molecule has 3 aliphatic rings.